The second-order valence-corrected chi connectivity index (χ2v) is 3.35. The van der Waals surface area contributed by atoms with E-state index in [4.69, 9.17) is 0 Å². The largest absolute Gasteiger partial charge is 0.450 e. The van der Waals surface area contributed by atoms with E-state index >= 15 is 0 Å². The van der Waals surface area contributed by atoms with Crippen molar-refractivity contribution in [2.75, 3.05) is 0 Å². The third-order valence-electron chi connectivity index (χ3n) is 2.26. The van der Waals surface area contributed by atoms with Gasteiger partial charge < -0.3 is 0 Å². The van der Waals surface area contributed by atoms with Gasteiger partial charge in [0.25, 0.3) is 0 Å². The molecule has 0 aliphatic rings. The molecule has 0 radical (unpaired) electrons. The van der Waals surface area contributed by atoms with E-state index in [0.29, 0.717) is 11.8 Å². The van der Waals surface area contributed by atoms with Crippen LogP contribution in [0.5, 0.6) is 0 Å². The molecule has 84 valence electrons. The lowest BCUT2D eigenvalue weighted by Crippen LogP contribution is -2.10. The van der Waals surface area contributed by atoms with E-state index in [9.17, 15) is 18.0 Å². The fraction of sp³-hybridized carbons (Fsp3) is 0.200. The molecule has 2 rings (SSSR count). The van der Waals surface area contributed by atoms with Crippen LogP contribution < -0.4 is 0 Å². The number of alkyl halides is 3. The Morgan fingerprint density at radius 2 is 2.12 bits per heavy atom. The van der Waals surface area contributed by atoms with Crippen LogP contribution in [-0.2, 0) is 6.18 Å². The molecule has 0 unspecified atom stereocenters. The molecule has 2 aromatic rings. The molecule has 0 N–H and O–H groups in total. The summed E-state index contributed by atoms with van der Waals surface area (Å²) in [5.41, 5.74) is 0.586. The van der Waals surface area contributed by atoms with Crippen molar-refractivity contribution in [2.45, 2.75) is 13.1 Å². The van der Waals surface area contributed by atoms with Crippen LogP contribution in [0.3, 0.4) is 0 Å². The van der Waals surface area contributed by atoms with Gasteiger partial charge in [0.15, 0.2) is 6.29 Å². The van der Waals surface area contributed by atoms with E-state index in [1.165, 1.54) is 12.3 Å². The second kappa shape index (κ2) is 3.33. The first kappa shape index (κ1) is 10.7. The van der Waals surface area contributed by atoms with Gasteiger partial charge in [-0.2, -0.15) is 13.2 Å². The summed E-state index contributed by atoms with van der Waals surface area (Å²) in [5.74, 6) is -1.08. The van der Waals surface area contributed by atoms with E-state index in [0.717, 1.165) is 4.40 Å². The molecule has 0 spiro atoms. The molecule has 0 amide bonds. The number of rotatable bonds is 1. The van der Waals surface area contributed by atoms with Gasteiger partial charge in [0.05, 0.1) is 5.52 Å². The number of imidazole rings is 1. The quantitative estimate of drug-likeness (QED) is 0.702. The van der Waals surface area contributed by atoms with E-state index in [1.54, 1.807) is 13.0 Å². The van der Waals surface area contributed by atoms with Crippen LogP contribution >= 0.6 is 0 Å². The number of aryl methyl sites for hydroxylation is 1. The third kappa shape index (κ3) is 1.46. The van der Waals surface area contributed by atoms with Gasteiger partial charge in [-0.3, -0.25) is 9.20 Å². The summed E-state index contributed by atoms with van der Waals surface area (Å²) in [6, 6.07) is 3.11. The molecule has 6 heteroatoms. The van der Waals surface area contributed by atoms with Crippen molar-refractivity contribution in [3.05, 3.63) is 35.4 Å². The van der Waals surface area contributed by atoms with Crippen LogP contribution in [0.15, 0.2) is 18.3 Å². The van der Waals surface area contributed by atoms with Crippen molar-refractivity contribution in [1.29, 1.82) is 0 Å². The molecule has 16 heavy (non-hydrogen) atoms. The topological polar surface area (TPSA) is 34.4 Å². The van der Waals surface area contributed by atoms with Gasteiger partial charge in [-0.15, -0.1) is 0 Å². The van der Waals surface area contributed by atoms with Crippen molar-refractivity contribution in [1.82, 2.24) is 9.38 Å². The van der Waals surface area contributed by atoms with Crippen LogP contribution in [0.4, 0.5) is 13.2 Å². The number of fused-ring (bicyclic) bond motifs is 1. The van der Waals surface area contributed by atoms with Crippen molar-refractivity contribution >= 4 is 11.8 Å². The predicted octanol–water partition coefficient (Wildman–Crippen LogP) is 2.47. The lowest BCUT2D eigenvalue weighted by molar-refractivity contribution is -0.145. The molecule has 0 aliphatic carbocycles. The zero-order valence-electron chi connectivity index (χ0n) is 8.25. The Hall–Kier alpha value is -1.85. The normalized spacial score (nSPS) is 12.0. The molecule has 2 heterocycles. The second-order valence-electron chi connectivity index (χ2n) is 3.35. The summed E-state index contributed by atoms with van der Waals surface area (Å²) in [4.78, 5) is 14.0. The number of aromatic nitrogens is 2. The van der Waals surface area contributed by atoms with Crippen LogP contribution in [-0.4, -0.2) is 15.7 Å². The summed E-state index contributed by atoms with van der Waals surface area (Å²) in [6.45, 7) is 1.63. The molecular formula is C10H7F3N2O. The first-order chi connectivity index (χ1) is 7.45. The maximum Gasteiger partial charge on any atom is 0.450 e. The maximum atomic E-state index is 12.6. The van der Waals surface area contributed by atoms with E-state index in [2.05, 4.69) is 4.98 Å². The lowest BCUT2D eigenvalue weighted by atomic mass is 10.2. The fourth-order valence-electron chi connectivity index (χ4n) is 1.62. The molecule has 0 atom stereocenters. The Morgan fingerprint density at radius 1 is 1.44 bits per heavy atom. The molecule has 0 bridgehead atoms. The van der Waals surface area contributed by atoms with Gasteiger partial charge in [-0.05, 0) is 18.6 Å². The maximum absolute atomic E-state index is 12.6. The van der Waals surface area contributed by atoms with Crippen molar-refractivity contribution in [3.8, 4) is 0 Å². The highest BCUT2D eigenvalue weighted by molar-refractivity contribution is 5.85. The fourth-order valence-corrected chi connectivity index (χ4v) is 1.62. The minimum atomic E-state index is -4.57. The van der Waals surface area contributed by atoms with Crippen molar-refractivity contribution in [2.24, 2.45) is 0 Å². The van der Waals surface area contributed by atoms with Crippen LogP contribution in [0, 0.1) is 6.92 Å². The van der Waals surface area contributed by atoms with Gasteiger partial charge in [0.1, 0.15) is 5.69 Å². The third-order valence-corrected chi connectivity index (χ3v) is 2.26. The average molecular weight is 228 g/mol. The zero-order chi connectivity index (χ0) is 11.9. The molecule has 0 saturated carbocycles. The zero-order valence-corrected chi connectivity index (χ0v) is 8.25. The molecule has 0 fully saturated rings. The number of carbonyl (C=O) groups is 1. The summed E-state index contributed by atoms with van der Waals surface area (Å²) in [5, 5.41) is 0. The minimum Gasteiger partial charge on any atom is -0.296 e. The molecule has 2 aromatic heterocycles. The standard InChI is InChI=1S/C10H7F3N2O/c1-6-3-2-4-15-8(6)7(5-16)14-9(15)10(11,12)13/h2-5H,1H3. The van der Waals surface area contributed by atoms with Gasteiger partial charge in [0, 0.05) is 6.20 Å². The van der Waals surface area contributed by atoms with Gasteiger partial charge in [0.2, 0.25) is 5.82 Å². The monoisotopic (exact) mass is 228 g/mol. The first-order valence-electron chi connectivity index (χ1n) is 4.45. The van der Waals surface area contributed by atoms with Gasteiger partial charge >= 0.3 is 6.18 Å². The van der Waals surface area contributed by atoms with Crippen LogP contribution in [0.25, 0.3) is 5.52 Å². The van der Waals surface area contributed by atoms with Crippen molar-refractivity contribution < 1.29 is 18.0 Å². The summed E-state index contributed by atoms with van der Waals surface area (Å²) in [7, 11) is 0. The Balaban J connectivity index is 2.89. The Bertz CT molecular complexity index is 557. The molecule has 0 aromatic carbocycles. The SMILES string of the molecule is Cc1cccn2c(C(F)(F)F)nc(C=O)c12. The first-order valence-corrected chi connectivity index (χ1v) is 4.45. The number of halogens is 3. The highest BCUT2D eigenvalue weighted by Gasteiger charge is 2.37. The summed E-state index contributed by atoms with van der Waals surface area (Å²) < 4.78 is 38.7. The van der Waals surface area contributed by atoms with Crippen molar-refractivity contribution in [3.63, 3.8) is 0 Å². The minimum absolute atomic E-state index is 0.189. The Labute approximate surface area is 88.5 Å². The van der Waals surface area contributed by atoms with E-state index < -0.39 is 12.0 Å². The predicted molar refractivity (Wildman–Crippen MR) is 50.3 cm³/mol. The number of nitrogens with zero attached hydrogens (tertiary/aromatic N) is 2. The highest BCUT2D eigenvalue weighted by Crippen LogP contribution is 2.30. The average Bonchev–Trinajstić information content (AvgIpc) is 2.57. The number of hydrogen-bond donors (Lipinski definition) is 0. The summed E-state index contributed by atoms with van der Waals surface area (Å²) >= 11 is 0. The van der Waals surface area contributed by atoms with Gasteiger partial charge in [-0.25, -0.2) is 4.98 Å². The van der Waals surface area contributed by atoms with Gasteiger partial charge in [-0.1, -0.05) is 6.07 Å². The number of carbonyl (C=O) groups excluding carboxylic acids is 1. The number of pyridine rings is 1. The lowest BCUT2D eigenvalue weighted by Gasteiger charge is -2.05. The number of hydrogen-bond acceptors (Lipinski definition) is 2. The van der Waals surface area contributed by atoms with Crippen LogP contribution in [0.2, 0.25) is 0 Å². The molecule has 0 saturated heterocycles. The smallest absolute Gasteiger partial charge is 0.296 e. The summed E-state index contributed by atoms with van der Waals surface area (Å²) in [6.07, 6.45) is -3.00. The Morgan fingerprint density at radius 3 is 2.69 bits per heavy atom. The van der Waals surface area contributed by atoms with Crippen LogP contribution in [0.1, 0.15) is 21.9 Å². The molecule has 3 nitrogen and oxygen atoms in total. The number of aldehydes is 1. The highest BCUT2D eigenvalue weighted by atomic mass is 19.4. The van der Waals surface area contributed by atoms with E-state index in [1.807, 2.05) is 0 Å². The van der Waals surface area contributed by atoms with E-state index in [-0.39, 0.29) is 11.2 Å². The molecule has 0 aliphatic heterocycles. The molecular weight excluding hydrogens is 221 g/mol. The Kier molecular flexibility index (Phi) is 2.22.